The van der Waals surface area contributed by atoms with E-state index in [1.807, 2.05) is 31.2 Å². The summed E-state index contributed by atoms with van der Waals surface area (Å²) < 4.78 is 5.33. The van der Waals surface area contributed by atoms with Gasteiger partial charge in [-0.2, -0.15) is 0 Å². The summed E-state index contributed by atoms with van der Waals surface area (Å²) >= 11 is 0. The van der Waals surface area contributed by atoms with Gasteiger partial charge >= 0.3 is 5.97 Å². The summed E-state index contributed by atoms with van der Waals surface area (Å²) in [5.41, 5.74) is 0.974. The number of rotatable bonds is 5. The average molecular weight is 305 g/mol. The number of hydrogen-bond donors (Lipinski definition) is 1. The van der Waals surface area contributed by atoms with E-state index in [2.05, 4.69) is 0 Å². The van der Waals surface area contributed by atoms with Gasteiger partial charge in [-0.3, -0.25) is 4.79 Å². The Morgan fingerprint density at radius 1 is 1.36 bits per heavy atom. The Morgan fingerprint density at radius 2 is 2.09 bits per heavy atom. The number of carboxylic acid groups (broad SMARTS) is 1. The van der Waals surface area contributed by atoms with Crippen molar-refractivity contribution < 1.29 is 19.4 Å². The van der Waals surface area contributed by atoms with Gasteiger partial charge in [0.15, 0.2) is 0 Å². The molecule has 0 unspecified atom stereocenters. The van der Waals surface area contributed by atoms with Gasteiger partial charge in [-0.05, 0) is 36.8 Å². The maximum Gasteiger partial charge on any atom is 0.326 e. The molecule has 1 saturated heterocycles. The van der Waals surface area contributed by atoms with Crippen LogP contribution in [0.2, 0.25) is 0 Å². The molecule has 0 aromatic heterocycles. The van der Waals surface area contributed by atoms with E-state index in [0.717, 1.165) is 24.2 Å². The van der Waals surface area contributed by atoms with Gasteiger partial charge in [-0.15, -0.1) is 0 Å². The summed E-state index contributed by atoms with van der Waals surface area (Å²) in [6, 6.07) is 6.95. The van der Waals surface area contributed by atoms with Gasteiger partial charge < -0.3 is 14.7 Å². The maximum atomic E-state index is 12.5. The lowest BCUT2D eigenvalue weighted by molar-refractivity contribution is -0.152. The Hall–Kier alpha value is -2.04. The highest BCUT2D eigenvalue weighted by molar-refractivity contribution is 5.84. The van der Waals surface area contributed by atoms with Crippen LogP contribution >= 0.6 is 0 Å². The minimum absolute atomic E-state index is 0.0139. The van der Waals surface area contributed by atoms with E-state index < -0.39 is 12.0 Å². The minimum Gasteiger partial charge on any atom is -0.496 e. The van der Waals surface area contributed by atoms with Crippen LogP contribution in [0.5, 0.6) is 5.75 Å². The molecular weight excluding hydrogens is 282 g/mol. The Balaban J connectivity index is 2.08. The number of methoxy groups -OCH3 is 1. The molecule has 0 bridgehead atoms. The highest BCUT2D eigenvalue weighted by Gasteiger charge is 2.32. The summed E-state index contributed by atoms with van der Waals surface area (Å²) in [6.45, 7) is 2.50. The standard InChI is InChI=1S/C17H23NO4/c1-12(13-7-3-4-9-15(13)22-2)11-16(19)18-10-6-5-8-14(18)17(20)21/h3-4,7,9,12,14H,5-6,8,10-11H2,1-2H3,(H,20,21)/t12-,14+/m0/s1. The first kappa shape index (κ1) is 16.3. The van der Waals surface area contributed by atoms with Crippen molar-refractivity contribution in [1.82, 2.24) is 4.90 Å². The number of piperidine rings is 1. The van der Waals surface area contributed by atoms with Crippen LogP contribution in [-0.2, 0) is 9.59 Å². The molecule has 1 aliphatic heterocycles. The highest BCUT2D eigenvalue weighted by atomic mass is 16.5. The Morgan fingerprint density at radius 3 is 2.77 bits per heavy atom. The number of carbonyl (C=O) groups is 2. The van der Waals surface area contributed by atoms with E-state index >= 15 is 0 Å². The predicted molar refractivity (Wildman–Crippen MR) is 83.0 cm³/mol. The summed E-state index contributed by atoms with van der Waals surface area (Å²) in [4.78, 5) is 25.4. The third-order valence-electron chi connectivity index (χ3n) is 4.26. The van der Waals surface area contributed by atoms with E-state index in [-0.39, 0.29) is 11.8 Å². The van der Waals surface area contributed by atoms with Crippen LogP contribution in [0.4, 0.5) is 0 Å². The van der Waals surface area contributed by atoms with Gasteiger partial charge in [0, 0.05) is 13.0 Å². The first-order valence-electron chi connectivity index (χ1n) is 7.69. The molecule has 2 atom stereocenters. The summed E-state index contributed by atoms with van der Waals surface area (Å²) in [6.07, 6.45) is 2.58. The van der Waals surface area contributed by atoms with Crippen LogP contribution in [0.15, 0.2) is 24.3 Å². The molecule has 1 aromatic rings. The van der Waals surface area contributed by atoms with Gasteiger partial charge in [0.2, 0.25) is 5.91 Å². The smallest absolute Gasteiger partial charge is 0.326 e. The molecule has 120 valence electrons. The quantitative estimate of drug-likeness (QED) is 0.908. The third-order valence-corrected chi connectivity index (χ3v) is 4.26. The number of nitrogens with zero attached hydrogens (tertiary/aromatic N) is 1. The normalized spacial score (nSPS) is 19.5. The van der Waals surface area contributed by atoms with Crippen molar-refractivity contribution in [2.75, 3.05) is 13.7 Å². The predicted octanol–water partition coefficient (Wildman–Crippen LogP) is 2.65. The number of benzene rings is 1. The molecule has 0 radical (unpaired) electrons. The molecule has 1 fully saturated rings. The van der Waals surface area contributed by atoms with E-state index in [0.29, 0.717) is 19.4 Å². The fourth-order valence-electron chi connectivity index (χ4n) is 3.05. The molecule has 5 heteroatoms. The molecule has 5 nitrogen and oxygen atoms in total. The van der Waals surface area contributed by atoms with E-state index in [4.69, 9.17) is 4.74 Å². The lowest BCUT2D eigenvalue weighted by Crippen LogP contribution is -2.48. The number of amides is 1. The number of carbonyl (C=O) groups excluding carboxylic acids is 1. The molecule has 0 spiro atoms. The van der Waals surface area contributed by atoms with Gasteiger partial charge in [0.25, 0.3) is 0 Å². The molecule has 1 amide bonds. The fourth-order valence-corrected chi connectivity index (χ4v) is 3.05. The molecule has 22 heavy (non-hydrogen) atoms. The second kappa shape index (κ2) is 7.29. The van der Waals surface area contributed by atoms with Crippen molar-refractivity contribution in [2.45, 2.75) is 44.6 Å². The van der Waals surface area contributed by atoms with Gasteiger partial charge in [0.1, 0.15) is 11.8 Å². The van der Waals surface area contributed by atoms with Crippen LogP contribution in [0.25, 0.3) is 0 Å². The van der Waals surface area contributed by atoms with Crippen LogP contribution in [0.1, 0.15) is 44.1 Å². The molecule has 0 aliphatic carbocycles. The summed E-state index contributed by atoms with van der Waals surface area (Å²) in [5, 5.41) is 9.28. The summed E-state index contributed by atoms with van der Waals surface area (Å²) in [5.74, 6) is -0.250. The molecule has 2 rings (SSSR count). The largest absolute Gasteiger partial charge is 0.496 e. The first-order valence-corrected chi connectivity index (χ1v) is 7.69. The number of ether oxygens (including phenoxy) is 1. The maximum absolute atomic E-state index is 12.5. The van der Waals surface area contributed by atoms with Crippen LogP contribution in [0.3, 0.4) is 0 Å². The topological polar surface area (TPSA) is 66.8 Å². The molecule has 1 N–H and O–H groups in total. The van der Waals surface area contributed by atoms with Crippen molar-refractivity contribution in [3.05, 3.63) is 29.8 Å². The van der Waals surface area contributed by atoms with E-state index in [1.54, 1.807) is 7.11 Å². The Kier molecular flexibility index (Phi) is 5.41. The van der Waals surface area contributed by atoms with E-state index in [9.17, 15) is 14.7 Å². The fraction of sp³-hybridized carbons (Fsp3) is 0.529. The second-order valence-electron chi connectivity index (χ2n) is 5.78. The zero-order valence-corrected chi connectivity index (χ0v) is 13.1. The average Bonchev–Trinajstić information content (AvgIpc) is 2.54. The zero-order valence-electron chi connectivity index (χ0n) is 13.1. The lowest BCUT2D eigenvalue weighted by Gasteiger charge is -2.33. The molecule has 0 saturated carbocycles. The molecule has 1 heterocycles. The van der Waals surface area contributed by atoms with E-state index in [1.165, 1.54) is 4.90 Å². The number of carboxylic acids is 1. The SMILES string of the molecule is COc1ccccc1[C@@H](C)CC(=O)N1CCCC[C@@H]1C(=O)O. The molecular formula is C17H23NO4. The number of hydrogen-bond acceptors (Lipinski definition) is 3. The van der Waals surface area contributed by atoms with Gasteiger partial charge in [0.05, 0.1) is 7.11 Å². The lowest BCUT2D eigenvalue weighted by atomic mass is 9.94. The molecule has 1 aliphatic rings. The van der Waals surface area contributed by atoms with Crippen LogP contribution in [0, 0.1) is 0 Å². The number of likely N-dealkylation sites (tertiary alicyclic amines) is 1. The third kappa shape index (κ3) is 3.59. The number of para-hydroxylation sites is 1. The first-order chi connectivity index (χ1) is 10.5. The van der Waals surface area contributed by atoms with Crippen molar-refractivity contribution in [3.63, 3.8) is 0 Å². The van der Waals surface area contributed by atoms with Crippen LogP contribution in [-0.4, -0.2) is 41.6 Å². The van der Waals surface area contributed by atoms with Crippen molar-refractivity contribution >= 4 is 11.9 Å². The monoisotopic (exact) mass is 305 g/mol. The highest BCUT2D eigenvalue weighted by Crippen LogP contribution is 2.30. The minimum atomic E-state index is -0.905. The Bertz CT molecular complexity index is 543. The Labute approximate surface area is 130 Å². The number of aliphatic carboxylic acids is 1. The van der Waals surface area contributed by atoms with Gasteiger partial charge in [-0.25, -0.2) is 4.79 Å². The van der Waals surface area contributed by atoms with Crippen molar-refractivity contribution in [1.29, 1.82) is 0 Å². The zero-order chi connectivity index (χ0) is 16.1. The van der Waals surface area contributed by atoms with Gasteiger partial charge in [-0.1, -0.05) is 25.1 Å². The van der Waals surface area contributed by atoms with Crippen molar-refractivity contribution in [3.8, 4) is 5.75 Å². The van der Waals surface area contributed by atoms with Crippen LogP contribution < -0.4 is 4.74 Å². The molecule has 1 aromatic carbocycles. The summed E-state index contributed by atoms with van der Waals surface area (Å²) in [7, 11) is 1.61. The second-order valence-corrected chi connectivity index (χ2v) is 5.78. The van der Waals surface area contributed by atoms with Crippen molar-refractivity contribution in [2.24, 2.45) is 0 Å².